The van der Waals surface area contributed by atoms with Gasteiger partial charge in [-0.2, -0.15) is 0 Å². The number of carbonyl (C=O) groups excluding carboxylic acids is 2. The zero-order valence-corrected chi connectivity index (χ0v) is 15.5. The molecule has 6 heteroatoms. The van der Waals surface area contributed by atoms with E-state index in [-0.39, 0.29) is 18.9 Å². The van der Waals surface area contributed by atoms with Crippen LogP contribution in [0.25, 0.3) is 11.1 Å². The number of amides is 1. The number of fused-ring (bicyclic) bond motifs is 3. The third kappa shape index (κ3) is 3.80. The summed E-state index contributed by atoms with van der Waals surface area (Å²) >= 11 is 3.08. The number of carbonyl (C=O) groups is 2. The molecule has 0 spiro atoms. The Balaban J connectivity index is 1.71. The molecule has 0 saturated heterocycles. The Hall–Kier alpha value is -2.60. The zero-order chi connectivity index (χ0) is 18.7. The van der Waals surface area contributed by atoms with Gasteiger partial charge in [0.2, 0.25) is 0 Å². The molecule has 1 amide bonds. The van der Waals surface area contributed by atoms with Crippen LogP contribution in [0.15, 0.2) is 59.6 Å². The van der Waals surface area contributed by atoms with E-state index in [1.807, 2.05) is 48.5 Å². The molecule has 0 heterocycles. The second kappa shape index (κ2) is 7.74. The summed E-state index contributed by atoms with van der Waals surface area (Å²) in [5.41, 5.74) is 4.43. The van der Waals surface area contributed by atoms with Gasteiger partial charge in [-0.25, -0.2) is 4.79 Å². The lowest BCUT2D eigenvalue weighted by atomic mass is 9.98. The van der Waals surface area contributed by atoms with Gasteiger partial charge >= 0.3 is 6.09 Å². The molecule has 0 unspecified atom stereocenters. The van der Waals surface area contributed by atoms with Gasteiger partial charge < -0.3 is 20.0 Å². The van der Waals surface area contributed by atoms with Gasteiger partial charge in [0.1, 0.15) is 6.61 Å². The van der Waals surface area contributed by atoms with E-state index < -0.39 is 18.1 Å². The third-order valence-electron chi connectivity index (χ3n) is 4.35. The molecule has 0 aromatic heterocycles. The van der Waals surface area contributed by atoms with Crippen molar-refractivity contribution >= 4 is 28.0 Å². The summed E-state index contributed by atoms with van der Waals surface area (Å²) in [4.78, 5) is 23.2. The van der Waals surface area contributed by atoms with Crippen LogP contribution >= 0.6 is 15.9 Å². The smallest absolute Gasteiger partial charge is 0.407 e. The minimum Gasteiger partial charge on any atom is -0.548 e. The molecule has 1 aliphatic rings. The van der Waals surface area contributed by atoms with Crippen LogP contribution in [-0.4, -0.2) is 24.7 Å². The second-order valence-electron chi connectivity index (χ2n) is 6.06. The van der Waals surface area contributed by atoms with Crippen LogP contribution in [0.4, 0.5) is 4.79 Å². The number of rotatable bonds is 6. The number of carboxylic acid groups (broad SMARTS) is 1. The number of benzene rings is 2. The maximum absolute atomic E-state index is 12.1. The largest absolute Gasteiger partial charge is 0.548 e. The van der Waals surface area contributed by atoms with Crippen LogP contribution < -0.4 is 10.4 Å². The lowest BCUT2D eigenvalue weighted by molar-refractivity contribution is -0.308. The van der Waals surface area contributed by atoms with E-state index in [0.29, 0.717) is 4.48 Å². The number of hydrogen-bond donors (Lipinski definition) is 1. The van der Waals surface area contributed by atoms with Gasteiger partial charge in [-0.1, -0.05) is 71.0 Å². The minimum atomic E-state index is -1.39. The Morgan fingerprint density at radius 1 is 1.12 bits per heavy atom. The van der Waals surface area contributed by atoms with Crippen molar-refractivity contribution in [3.05, 3.63) is 70.7 Å². The first-order chi connectivity index (χ1) is 12.5. The van der Waals surface area contributed by atoms with E-state index in [9.17, 15) is 14.7 Å². The molecule has 134 valence electrons. The molecule has 26 heavy (non-hydrogen) atoms. The van der Waals surface area contributed by atoms with E-state index in [1.165, 1.54) is 0 Å². The maximum Gasteiger partial charge on any atom is 0.407 e. The number of halogens is 1. The fourth-order valence-electron chi connectivity index (χ4n) is 3.20. The molecule has 1 aliphatic carbocycles. The second-order valence-corrected chi connectivity index (χ2v) is 7.18. The van der Waals surface area contributed by atoms with E-state index in [1.54, 1.807) is 0 Å². The molecule has 0 fully saturated rings. The molecular formula is C20H17BrNO4-. The molecule has 1 N–H and O–H groups in total. The standard InChI is InChI=1S/C20H18BrNO4/c1-12(21)10-18(19(23)24)22-20(25)26-11-17-15-8-4-2-6-13(15)14-7-3-5-9-16(14)17/h2-9,17-18H,1,10-11H2,(H,22,25)(H,23,24)/p-1/t18-/m0/s1. The highest BCUT2D eigenvalue weighted by molar-refractivity contribution is 9.11. The normalized spacial score (nSPS) is 13.4. The van der Waals surface area contributed by atoms with Gasteiger partial charge in [-0.3, -0.25) is 0 Å². The van der Waals surface area contributed by atoms with Crippen molar-refractivity contribution in [2.45, 2.75) is 18.4 Å². The Morgan fingerprint density at radius 2 is 1.65 bits per heavy atom. The topological polar surface area (TPSA) is 78.5 Å². The van der Waals surface area contributed by atoms with Crippen LogP contribution in [0.5, 0.6) is 0 Å². The first-order valence-electron chi connectivity index (χ1n) is 8.13. The zero-order valence-electron chi connectivity index (χ0n) is 13.9. The summed E-state index contributed by atoms with van der Waals surface area (Å²) in [6.07, 6.45) is -0.776. The molecule has 0 aliphatic heterocycles. The Morgan fingerprint density at radius 3 is 2.15 bits per heavy atom. The van der Waals surface area contributed by atoms with Gasteiger partial charge in [0.05, 0.1) is 12.0 Å². The van der Waals surface area contributed by atoms with Crippen molar-refractivity contribution in [2.75, 3.05) is 6.61 Å². The molecule has 0 radical (unpaired) electrons. The molecule has 2 aromatic carbocycles. The van der Waals surface area contributed by atoms with Gasteiger partial charge in [-0.05, 0) is 26.7 Å². The third-order valence-corrected chi connectivity index (χ3v) is 4.67. The van der Waals surface area contributed by atoms with Crippen molar-refractivity contribution < 1.29 is 19.4 Å². The van der Waals surface area contributed by atoms with Crippen molar-refractivity contribution in [3.8, 4) is 11.1 Å². The SMILES string of the molecule is C=C(Br)C[C@H](NC(=O)OCC1c2ccccc2-c2ccccc21)C(=O)[O-]. The number of ether oxygens (including phenoxy) is 1. The lowest BCUT2D eigenvalue weighted by Gasteiger charge is -2.20. The van der Waals surface area contributed by atoms with Crippen molar-refractivity contribution in [2.24, 2.45) is 0 Å². The van der Waals surface area contributed by atoms with Crippen LogP contribution in [0, 0.1) is 0 Å². The van der Waals surface area contributed by atoms with Crippen LogP contribution in [0.3, 0.4) is 0 Å². The molecular weight excluding hydrogens is 398 g/mol. The monoisotopic (exact) mass is 414 g/mol. The van der Waals surface area contributed by atoms with Crippen molar-refractivity contribution in [1.29, 1.82) is 0 Å². The van der Waals surface area contributed by atoms with Gasteiger partial charge in [0.15, 0.2) is 0 Å². The quantitative estimate of drug-likeness (QED) is 0.787. The highest BCUT2D eigenvalue weighted by atomic mass is 79.9. The lowest BCUT2D eigenvalue weighted by Crippen LogP contribution is -2.48. The predicted octanol–water partition coefficient (Wildman–Crippen LogP) is 2.94. The van der Waals surface area contributed by atoms with Crippen molar-refractivity contribution in [3.63, 3.8) is 0 Å². The average molecular weight is 415 g/mol. The molecule has 5 nitrogen and oxygen atoms in total. The molecule has 3 rings (SSSR count). The van der Waals surface area contributed by atoms with Gasteiger partial charge in [-0.15, -0.1) is 0 Å². The summed E-state index contributed by atoms with van der Waals surface area (Å²) in [6, 6.07) is 14.8. The summed E-state index contributed by atoms with van der Waals surface area (Å²) in [6.45, 7) is 3.70. The summed E-state index contributed by atoms with van der Waals surface area (Å²) in [5, 5.41) is 13.4. The maximum atomic E-state index is 12.1. The highest BCUT2D eigenvalue weighted by Crippen LogP contribution is 2.44. The summed E-state index contributed by atoms with van der Waals surface area (Å²) in [5.74, 6) is -1.47. The van der Waals surface area contributed by atoms with Crippen LogP contribution in [0.1, 0.15) is 23.5 Å². The number of carboxylic acids is 1. The first-order valence-corrected chi connectivity index (χ1v) is 8.92. The molecule has 1 atom stereocenters. The minimum absolute atomic E-state index is 0.0204. The number of aliphatic carboxylic acids is 1. The number of hydrogen-bond acceptors (Lipinski definition) is 4. The van der Waals surface area contributed by atoms with Gasteiger partial charge in [0, 0.05) is 12.3 Å². The van der Waals surface area contributed by atoms with Gasteiger partial charge in [0.25, 0.3) is 0 Å². The molecule has 2 aromatic rings. The molecule has 0 bridgehead atoms. The summed E-state index contributed by atoms with van der Waals surface area (Å²) in [7, 11) is 0. The van der Waals surface area contributed by atoms with Crippen LogP contribution in [-0.2, 0) is 9.53 Å². The first kappa shape index (κ1) is 18.2. The Bertz CT molecular complexity index is 819. The van der Waals surface area contributed by atoms with Crippen LogP contribution in [0.2, 0.25) is 0 Å². The Kier molecular flexibility index (Phi) is 5.42. The van der Waals surface area contributed by atoms with Crippen molar-refractivity contribution in [1.82, 2.24) is 5.32 Å². The summed E-state index contributed by atoms with van der Waals surface area (Å²) < 4.78 is 5.77. The highest BCUT2D eigenvalue weighted by Gasteiger charge is 2.29. The number of nitrogens with one attached hydrogen (secondary N) is 1. The Labute approximate surface area is 159 Å². The number of alkyl carbamates (subject to hydrolysis) is 1. The van der Waals surface area contributed by atoms with E-state index >= 15 is 0 Å². The van der Waals surface area contributed by atoms with E-state index in [0.717, 1.165) is 22.3 Å². The van der Waals surface area contributed by atoms with E-state index in [2.05, 4.69) is 27.8 Å². The fraction of sp³-hybridized carbons (Fsp3) is 0.200. The fourth-order valence-corrected chi connectivity index (χ4v) is 3.52. The predicted molar refractivity (Wildman–Crippen MR) is 99.7 cm³/mol. The molecule has 0 saturated carbocycles. The van der Waals surface area contributed by atoms with E-state index in [4.69, 9.17) is 4.74 Å². The average Bonchev–Trinajstić information content (AvgIpc) is 2.93.